The Morgan fingerprint density at radius 3 is 2.37 bits per heavy atom. The fourth-order valence-electron chi connectivity index (χ4n) is 4.60. The molecule has 2 fully saturated rings. The highest BCUT2D eigenvalue weighted by atomic mass is 32.2. The van der Waals surface area contributed by atoms with Gasteiger partial charge < -0.3 is 10.1 Å². The molecule has 1 N–H and O–H groups in total. The number of hydrogen-bond donors (Lipinski definition) is 1. The van der Waals surface area contributed by atoms with Gasteiger partial charge in [0.15, 0.2) is 19.7 Å². The van der Waals surface area contributed by atoms with Crippen molar-refractivity contribution in [2.24, 2.45) is 5.92 Å². The van der Waals surface area contributed by atoms with Gasteiger partial charge in [0.05, 0.1) is 38.7 Å². The fraction of sp³-hybridized carbons (Fsp3) is 0.458. The average molecular weight is 572 g/mol. The summed E-state index contributed by atoms with van der Waals surface area (Å²) < 4.78 is 98.3. The Labute approximate surface area is 217 Å². The number of methoxy groups -OCH3 is 1. The van der Waals surface area contributed by atoms with Crippen molar-refractivity contribution in [2.75, 3.05) is 13.4 Å². The molecule has 2 aliphatic carbocycles. The van der Waals surface area contributed by atoms with Crippen LogP contribution in [-0.2, 0) is 35.4 Å². The zero-order chi connectivity index (χ0) is 28.1. The molecular formula is C24H24F3N3O6S2. The third-order valence-electron chi connectivity index (χ3n) is 6.93. The van der Waals surface area contributed by atoms with Gasteiger partial charge in [0.1, 0.15) is 5.54 Å². The first kappa shape index (κ1) is 28.0. The molecule has 2 aliphatic rings. The summed E-state index contributed by atoms with van der Waals surface area (Å²) in [5.74, 6) is -1.53. The Bertz CT molecular complexity index is 1530. The lowest BCUT2D eigenvalue weighted by molar-refractivity contribution is -0.139. The number of halogens is 3. The monoisotopic (exact) mass is 571 g/mol. The van der Waals surface area contributed by atoms with E-state index in [1.807, 2.05) is 6.07 Å². The van der Waals surface area contributed by atoms with Gasteiger partial charge in [-0.2, -0.15) is 18.4 Å². The predicted molar refractivity (Wildman–Crippen MR) is 128 cm³/mol. The summed E-state index contributed by atoms with van der Waals surface area (Å²) in [5.41, 5.74) is -2.41. The van der Waals surface area contributed by atoms with Crippen LogP contribution in [0.5, 0.6) is 0 Å². The number of hydrogen-bond acceptors (Lipinski definition) is 8. The van der Waals surface area contributed by atoms with E-state index in [0.29, 0.717) is 18.9 Å². The Morgan fingerprint density at radius 2 is 1.82 bits per heavy atom. The van der Waals surface area contributed by atoms with E-state index in [1.165, 1.54) is 13.3 Å². The number of aromatic nitrogens is 1. The number of nitrogens with one attached hydrogen (secondary N) is 1. The normalized spacial score (nSPS) is 23.0. The maximum atomic E-state index is 14.1. The van der Waals surface area contributed by atoms with Gasteiger partial charge in [-0.05, 0) is 49.4 Å². The topological polar surface area (TPSA) is 143 Å². The smallest absolute Gasteiger partial charge is 0.381 e. The number of pyridine rings is 1. The summed E-state index contributed by atoms with van der Waals surface area (Å²) in [4.78, 5) is 15.4. The van der Waals surface area contributed by atoms with Crippen LogP contribution in [0.15, 0.2) is 46.5 Å². The number of benzene rings is 1. The van der Waals surface area contributed by atoms with Gasteiger partial charge in [0, 0.05) is 31.3 Å². The molecule has 14 heteroatoms. The van der Waals surface area contributed by atoms with Crippen LogP contribution in [0.2, 0.25) is 0 Å². The maximum absolute atomic E-state index is 14.1. The lowest BCUT2D eigenvalue weighted by Gasteiger charge is -2.19. The molecule has 0 spiro atoms. The van der Waals surface area contributed by atoms with Crippen molar-refractivity contribution in [3.05, 3.63) is 42.2 Å². The molecule has 4 rings (SSSR count). The largest absolute Gasteiger partial charge is 0.417 e. The van der Waals surface area contributed by atoms with Crippen molar-refractivity contribution in [1.82, 2.24) is 10.3 Å². The van der Waals surface area contributed by atoms with E-state index >= 15 is 0 Å². The molecule has 2 saturated carbocycles. The first-order valence-electron chi connectivity index (χ1n) is 11.5. The van der Waals surface area contributed by atoms with Crippen LogP contribution >= 0.6 is 0 Å². The van der Waals surface area contributed by atoms with Crippen molar-refractivity contribution < 1.29 is 39.5 Å². The van der Waals surface area contributed by atoms with Crippen LogP contribution in [-0.4, -0.2) is 58.0 Å². The first-order chi connectivity index (χ1) is 17.6. The number of nitrogens with zero attached hydrogens (tertiary/aromatic N) is 2. The molecule has 0 radical (unpaired) electrons. The minimum atomic E-state index is -5.05. The maximum Gasteiger partial charge on any atom is 0.417 e. The molecule has 204 valence electrons. The molecule has 9 nitrogen and oxygen atoms in total. The molecule has 3 atom stereocenters. The number of rotatable bonds is 7. The van der Waals surface area contributed by atoms with Gasteiger partial charge in [-0.25, -0.2) is 16.8 Å². The zero-order valence-electron chi connectivity index (χ0n) is 20.3. The van der Waals surface area contributed by atoms with E-state index in [2.05, 4.69) is 10.3 Å². The van der Waals surface area contributed by atoms with E-state index in [-0.39, 0.29) is 28.9 Å². The van der Waals surface area contributed by atoms with E-state index in [4.69, 9.17) is 4.74 Å². The molecule has 2 aromatic rings. The van der Waals surface area contributed by atoms with Crippen molar-refractivity contribution in [1.29, 1.82) is 5.26 Å². The van der Waals surface area contributed by atoms with Crippen LogP contribution in [0.4, 0.5) is 13.2 Å². The molecule has 0 saturated heterocycles. The first-order valence-corrected chi connectivity index (χ1v) is 14.9. The third kappa shape index (κ3) is 5.41. The molecular weight excluding hydrogens is 547 g/mol. The lowest BCUT2D eigenvalue weighted by atomic mass is 10.0. The molecule has 1 aromatic heterocycles. The number of sulfone groups is 2. The van der Waals surface area contributed by atoms with Gasteiger partial charge in [-0.15, -0.1) is 0 Å². The molecule has 0 aliphatic heterocycles. The Morgan fingerprint density at radius 1 is 1.13 bits per heavy atom. The van der Waals surface area contributed by atoms with Gasteiger partial charge in [-0.1, -0.05) is 6.07 Å². The number of carbonyl (C=O) groups is 1. The summed E-state index contributed by atoms with van der Waals surface area (Å²) in [5, 5.41) is 10.5. The van der Waals surface area contributed by atoms with Crippen molar-refractivity contribution in [3.63, 3.8) is 0 Å². The highest BCUT2D eigenvalue weighted by Gasteiger charge is 2.51. The fourth-order valence-corrected chi connectivity index (χ4v) is 7.20. The van der Waals surface area contributed by atoms with E-state index in [0.717, 1.165) is 30.7 Å². The minimum Gasteiger partial charge on any atom is -0.381 e. The predicted octanol–water partition coefficient (Wildman–Crippen LogP) is 2.91. The van der Waals surface area contributed by atoms with Crippen LogP contribution in [0.25, 0.3) is 11.1 Å². The van der Waals surface area contributed by atoms with Crippen molar-refractivity contribution in [3.8, 4) is 17.2 Å². The Hall–Kier alpha value is -3.02. The molecule has 1 heterocycles. The van der Waals surface area contributed by atoms with Crippen molar-refractivity contribution >= 4 is 25.6 Å². The quantitative estimate of drug-likeness (QED) is 0.535. The van der Waals surface area contributed by atoms with Crippen LogP contribution in [0, 0.1) is 17.2 Å². The minimum absolute atomic E-state index is 0.0610. The second kappa shape index (κ2) is 9.62. The van der Waals surface area contributed by atoms with Crippen LogP contribution < -0.4 is 5.32 Å². The standard InChI is InChI=1S/C24H24F3N3O6S2/c1-36-20-10-16(9-18(20)22(31)30-23(13-28)5-6-23)38(34,35)21-4-3-14(8-19(21)24(25,26)27)15-7-17(12-29-11-15)37(2,32)33/h3-4,7-8,11-12,16,18,20H,5-6,9-10H2,1-2H3,(H,30,31). The SMILES string of the molecule is COC1CC(S(=O)(=O)c2ccc(-c3cncc(S(C)(=O)=O)c3)cc2C(F)(F)F)CC1C(=O)NC1(C#N)CC1. The molecule has 38 heavy (non-hydrogen) atoms. The van der Waals surface area contributed by atoms with Gasteiger partial charge in [-0.3, -0.25) is 9.78 Å². The highest BCUT2D eigenvalue weighted by Crippen LogP contribution is 2.43. The summed E-state index contributed by atoms with van der Waals surface area (Å²) in [7, 11) is -6.99. The van der Waals surface area contributed by atoms with Gasteiger partial charge >= 0.3 is 6.18 Å². The van der Waals surface area contributed by atoms with E-state index in [9.17, 15) is 40.1 Å². The number of ether oxygens (including phenoxy) is 1. The molecule has 3 unspecified atom stereocenters. The zero-order valence-corrected chi connectivity index (χ0v) is 22.0. The van der Waals surface area contributed by atoms with Crippen LogP contribution in [0.3, 0.4) is 0 Å². The number of alkyl halides is 3. The molecule has 1 amide bonds. The number of nitriles is 1. The lowest BCUT2D eigenvalue weighted by Crippen LogP contribution is -2.42. The Balaban J connectivity index is 1.69. The summed E-state index contributed by atoms with van der Waals surface area (Å²) in [6.07, 6.45) is -2.29. The molecule has 0 bridgehead atoms. The second-order valence-corrected chi connectivity index (χ2v) is 13.8. The highest BCUT2D eigenvalue weighted by molar-refractivity contribution is 7.92. The number of carbonyl (C=O) groups excluding carboxylic acids is 1. The number of amides is 1. The Kier molecular flexibility index (Phi) is 7.09. The van der Waals surface area contributed by atoms with Gasteiger partial charge in [0.25, 0.3) is 0 Å². The average Bonchev–Trinajstić information content (AvgIpc) is 3.48. The third-order valence-corrected chi connectivity index (χ3v) is 10.2. The summed E-state index contributed by atoms with van der Waals surface area (Å²) >= 11 is 0. The van der Waals surface area contributed by atoms with Crippen LogP contribution in [0.1, 0.15) is 31.2 Å². The van der Waals surface area contributed by atoms with E-state index in [1.54, 1.807) is 0 Å². The van der Waals surface area contributed by atoms with Crippen molar-refractivity contribution in [2.45, 2.75) is 58.5 Å². The van der Waals surface area contributed by atoms with E-state index < -0.39 is 65.0 Å². The van der Waals surface area contributed by atoms with Gasteiger partial charge in [0.2, 0.25) is 5.91 Å². The summed E-state index contributed by atoms with van der Waals surface area (Å²) in [6.45, 7) is 0. The molecule has 1 aromatic carbocycles. The second-order valence-electron chi connectivity index (χ2n) is 9.59. The summed E-state index contributed by atoms with van der Waals surface area (Å²) in [6, 6.07) is 5.80.